The fourth-order valence-electron chi connectivity index (χ4n) is 1.91. The maximum absolute atomic E-state index is 9.55. The van der Waals surface area contributed by atoms with E-state index in [0.29, 0.717) is 5.02 Å². The summed E-state index contributed by atoms with van der Waals surface area (Å²) in [5.74, 6) is 0.200. The summed E-state index contributed by atoms with van der Waals surface area (Å²) in [6, 6.07) is 1.76. The summed E-state index contributed by atoms with van der Waals surface area (Å²) in [5, 5.41) is 10.1. The molecule has 0 bridgehead atoms. The van der Waals surface area contributed by atoms with Crippen LogP contribution in [0.15, 0.2) is 6.07 Å². The molecule has 0 atom stereocenters. The molecule has 2 heteroatoms. The van der Waals surface area contributed by atoms with Crippen LogP contribution in [0.4, 0.5) is 0 Å². The molecule has 0 aromatic heterocycles. The molecule has 0 saturated heterocycles. The lowest BCUT2D eigenvalue weighted by Crippen LogP contribution is -1.95. The fraction of sp³-hybridized carbons (Fsp3) is 0.538. The lowest BCUT2D eigenvalue weighted by molar-refractivity contribution is 0.474. The lowest BCUT2D eigenvalue weighted by atomic mass is 9.97. The molecule has 1 aromatic rings. The lowest BCUT2D eigenvalue weighted by Gasteiger charge is -2.12. The molecule has 1 rings (SSSR count). The highest BCUT2D eigenvalue weighted by Gasteiger charge is 2.10. The first-order chi connectivity index (χ1) is 7.07. The summed E-state index contributed by atoms with van der Waals surface area (Å²) in [5.41, 5.74) is 3.47. The Morgan fingerprint density at radius 2 is 1.93 bits per heavy atom. The van der Waals surface area contributed by atoms with Crippen LogP contribution in [0.3, 0.4) is 0 Å². The molecule has 0 amide bonds. The molecule has 0 radical (unpaired) electrons. The normalized spacial score (nSPS) is 10.7. The number of hydrogen-bond donors (Lipinski definition) is 1. The molecular formula is C13H19ClO. The highest BCUT2D eigenvalue weighted by atomic mass is 35.5. The van der Waals surface area contributed by atoms with Gasteiger partial charge in [-0.1, -0.05) is 31.4 Å². The van der Waals surface area contributed by atoms with Crippen LogP contribution in [0.2, 0.25) is 5.02 Å². The molecule has 84 valence electrons. The van der Waals surface area contributed by atoms with Crippen LogP contribution < -0.4 is 0 Å². The number of aryl methyl sites for hydroxylation is 1. The smallest absolute Gasteiger partial charge is 0.134 e. The molecule has 0 fully saturated rings. The van der Waals surface area contributed by atoms with Crippen molar-refractivity contribution in [3.05, 3.63) is 27.8 Å². The van der Waals surface area contributed by atoms with Crippen molar-refractivity contribution in [2.24, 2.45) is 0 Å². The number of unbranched alkanes of at least 4 members (excludes halogenated alkanes) is 2. The number of aromatic hydroxyl groups is 1. The molecule has 15 heavy (non-hydrogen) atoms. The monoisotopic (exact) mass is 226 g/mol. The van der Waals surface area contributed by atoms with Gasteiger partial charge in [0.2, 0.25) is 0 Å². The first-order valence-electron chi connectivity index (χ1n) is 5.55. The molecule has 0 unspecified atom stereocenters. The number of phenols is 1. The number of rotatable bonds is 4. The van der Waals surface area contributed by atoms with Gasteiger partial charge in [0.05, 0.1) is 5.02 Å². The average Bonchev–Trinajstić information content (AvgIpc) is 2.20. The Labute approximate surface area is 97.1 Å². The van der Waals surface area contributed by atoms with Gasteiger partial charge in [0.15, 0.2) is 0 Å². The first-order valence-corrected chi connectivity index (χ1v) is 5.93. The molecule has 0 aliphatic rings. The summed E-state index contributed by atoms with van der Waals surface area (Å²) >= 11 is 6.02. The quantitative estimate of drug-likeness (QED) is 0.755. The predicted octanol–water partition coefficient (Wildman–Crippen LogP) is 4.40. The second-order valence-corrected chi connectivity index (χ2v) is 4.47. The van der Waals surface area contributed by atoms with E-state index in [1.807, 2.05) is 13.8 Å². The van der Waals surface area contributed by atoms with E-state index < -0.39 is 0 Å². The number of benzene rings is 1. The Morgan fingerprint density at radius 3 is 2.53 bits per heavy atom. The van der Waals surface area contributed by atoms with Crippen molar-refractivity contribution in [2.75, 3.05) is 0 Å². The van der Waals surface area contributed by atoms with Crippen molar-refractivity contribution in [3.63, 3.8) is 0 Å². The molecule has 0 aliphatic heterocycles. The Kier molecular flexibility index (Phi) is 4.46. The van der Waals surface area contributed by atoms with Gasteiger partial charge in [-0.3, -0.25) is 0 Å². The molecule has 0 aliphatic carbocycles. The Hall–Kier alpha value is -0.690. The molecule has 1 aromatic carbocycles. The third-order valence-electron chi connectivity index (χ3n) is 2.87. The van der Waals surface area contributed by atoms with Gasteiger partial charge in [0.1, 0.15) is 5.75 Å². The predicted molar refractivity (Wildman–Crippen MR) is 65.8 cm³/mol. The standard InChI is InChI=1S/C13H19ClO/c1-4-5-6-7-11-9(2)8-12(15)13(14)10(11)3/h8,15H,4-7H2,1-3H3. The van der Waals surface area contributed by atoms with Gasteiger partial charge in [0, 0.05) is 0 Å². The maximum Gasteiger partial charge on any atom is 0.134 e. The third-order valence-corrected chi connectivity index (χ3v) is 3.34. The molecule has 0 saturated carbocycles. The van der Waals surface area contributed by atoms with Gasteiger partial charge < -0.3 is 5.11 Å². The van der Waals surface area contributed by atoms with Gasteiger partial charge in [0.25, 0.3) is 0 Å². The topological polar surface area (TPSA) is 20.2 Å². The third kappa shape index (κ3) is 2.88. The van der Waals surface area contributed by atoms with E-state index in [0.717, 1.165) is 17.5 Å². The van der Waals surface area contributed by atoms with Gasteiger partial charge in [-0.25, -0.2) is 0 Å². The van der Waals surface area contributed by atoms with Crippen molar-refractivity contribution in [3.8, 4) is 5.75 Å². The summed E-state index contributed by atoms with van der Waals surface area (Å²) in [4.78, 5) is 0. The Morgan fingerprint density at radius 1 is 1.27 bits per heavy atom. The number of phenolic OH excluding ortho intramolecular Hbond substituents is 1. The largest absolute Gasteiger partial charge is 0.506 e. The van der Waals surface area contributed by atoms with Gasteiger partial charge >= 0.3 is 0 Å². The van der Waals surface area contributed by atoms with E-state index in [4.69, 9.17) is 11.6 Å². The molecule has 1 nitrogen and oxygen atoms in total. The van der Waals surface area contributed by atoms with Crippen LogP contribution in [0.1, 0.15) is 42.9 Å². The number of halogens is 1. The maximum atomic E-state index is 9.55. The van der Waals surface area contributed by atoms with Crippen LogP contribution in [-0.2, 0) is 6.42 Å². The summed E-state index contributed by atoms with van der Waals surface area (Å²) in [6.07, 6.45) is 4.73. The highest BCUT2D eigenvalue weighted by Crippen LogP contribution is 2.32. The van der Waals surface area contributed by atoms with Gasteiger partial charge in [-0.2, -0.15) is 0 Å². The van der Waals surface area contributed by atoms with Crippen LogP contribution in [0, 0.1) is 13.8 Å². The van der Waals surface area contributed by atoms with Crippen molar-refractivity contribution >= 4 is 11.6 Å². The van der Waals surface area contributed by atoms with Crippen LogP contribution in [0.5, 0.6) is 5.75 Å². The summed E-state index contributed by atoms with van der Waals surface area (Å²) in [6.45, 7) is 6.21. The molecule has 0 heterocycles. The average molecular weight is 227 g/mol. The summed E-state index contributed by atoms with van der Waals surface area (Å²) in [7, 11) is 0. The van der Waals surface area contributed by atoms with Crippen LogP contribution >= 0.6 is 11.6 Å². The van der Waals surface area contributed by atoms with E-state index in [1.165, 1.54) is 24.8 Å². The van der Waals surface area contributed by atoms with Gasteiger partial charge in [-0.05, 0) is 49.4 Å². The Bertz CT molecular complexity index is 345. The Balaban J connectivity index is 2.92. The minimum absolute atomic E-state index is 0.200. The minimum Gasteiger partial charge on any atom is -0.506 e. The van der Waals surface area contributed by atoms with E-state index in [9.17, 15) is 5.11 Å². The van der Waals surface area contributed by atoms with E-state index in [1.54, 1.807) is 6.07 Å². The molecular weight excluding hydrogens is 208 g/mol. The summed E-state index contributed by atoms with van der Waals surface area (Å²) < 4.78 is 0. The van der Waals surface area contributed by atoms with Crippen LogP contribution in [-0.4, -0.2) is 5.11 Å². The number of hydrogen-bond acceptors (Lipinski definition) is 1. The first kappa shape index (κ1) is 12.4. The SMILES string of the molecule is CCCCCc1c(C)cc(O)c(Cl)c1C. The van der Waals surface area contributed by atoms with E-state index in [2.05, 4.69) is 6.92 Å². The molecule has 1 N–H and O–H groups in total. The zero-order valence-electron chi connectivity index (χ0n) is 9.73. The molecule has 0 spiro atoms. The zero-order valence-corrected chi connectivity index (χ0v) is 10.5. The van der Waals surface area contributed by atoms with Crippen molar-refractivity contribution in [2.45, 2.75) is 46.5 Å². The second kappa shape index (κ2) is 5.41. The van der Waals surface area contributed by atoms with Crippen molar-refractivity contribution < 1.29 is 5.11 Å². The zero-order chi connectivity index (χ0) is 11.4. The minimum atomic E-state index is 0.200. The second-order valence-electron chi connectivity index (χ2n) is 4.09. The van der Waals surface area contributed by atoms with Gasteiger partial charge in [-0.15, -0.1) is 0 Å². The van der Waals surface area contributed by atoms with E-state index >= 15 is 0 Å². The highest BCUT2D eigenvalue weighted by molar-refractivity contribution is 6.32. The van der Waals surface area contributed by atoms with Crippen molar-refractivity contribution in [1.29, 1.82) is 0 Å². The van der Waals surface area contributed by atoms with Crippen molar-refractivity contribution in [1.82, 2.24) is 0 Å². The fourth-order valence-corrected chi connectivity index (χ4v) is 2.08. The van der Waals surface area contributed by atoms with Crippen LogP contribution in [0.25, 0.3) is 0 Å². The van der Waals surface area contributed by atoms with E-state index in [-0.39, 0.29) is 5.75 Å².